The number of hydrogen-bond donors (Lipinski definition) is 1. The molecule has 1 amide bonds. The van der Waals surface area contributed by atoms with Crippen LogP contribution in [0.1, 0.15) is 16.7 Å². The third kappa shape index (κ3) is 3.92. The first-order chi connectivity index (χ1) is 7.13. The molecule has 0 atom stereocenters. The Labute approximate surface area is 95.6 Å². The molecule has 0 saturated carbocycles. The van der Waals surface area contributed by atoms with Crippen LogP contribution in [0.4, 0.5) is 0 Å². The van der Waals surface area contributed by atoms with Gasteiger partial charge in [-0.05, 0) is 25.0 Å². The molecular formula is C12H16ClNO. The summed E-state index contributed by atoms with van der Waals surface area (Å²) in [5.41, 5.74) is 3.42. The van der Waals surface area contributed by atoms with E-state index in [1.165, 1.54) is 5.56 Å². The van der Waals surface area contributed by atoms with Crippen molar-refractivity contribution in [3.05, 3.63) is 34.9 Å². The second kappa shape index (κ2) is 5.76. The summed E-state index contributed by atoms with van der Waals surface area (Å²) in [5, 5.41) is 2.76. The normalized spacial score (nSPS) is 10.1. The lowest BCUT2D eigenvalue weighted by Gasteiger charge is -2.07. The fraction of sp³-hybridized carbons (Fsp3) is 0.417. The van der Waals surface area contributed by atoms with E-state index < -0.39 is 0 Å². The van der Waals surface area contributed by atoms with Crippen LogP contribution in [-0.4, -0.2) is 18.3 Å². The van der Waals surface area contributed by atoms with Crippen LogP contribution in [0.25, 0.3) is 0 Å². The van der Waals surface area contributed by atoms with Gasteiger partial charge in [0.05, 0.1) is 6.42 Å². The van der Waals surface area contributed by atoms with Gasteiger partial charge in [-0.25, -0.2) is 0 Å². The Hall–Kier alpha value is -1.02. The second-order valence-electron chi connectivity index (χ2n) is 3.65. The van der Waals surface area contributed by atoms with E-state index in [1.807, 2.05) is 19.9 Å². The molecule has 0 radical (unpaired) electrons. The lowest BCUT2D eigenvalue weighted by atomic mass is 10.0. The molecule has 0 heterocycles. The Bertz CT molecular complexity index is 349. The molecular weight excluding hydrogens is 210 g/mol. The average molecular weight is 226 g/mol. The van der Waals surface area contributed by atoms with Crippen LogP contribution in [0.3, 0.4) is 0 Å². The van der Waals surface area contributed by atoms with Crippen LogP contribution in [0, 0.1) is 13.8 Å². The molecule has 0 aliphatic heterocycles. The molecule has 0 bridgehead atoms. The highest BCUT2D eigenvalue weighted by Crippen LogP contribution is 2.11. The Balaban J connectivity index is 2.63. The predicted molar refractivity (Wildman–Crippen MR) is 63.3 cm³/mol. The Kier molecular flexibility index (Phi) is 4.63. The zero-order chi connectivity index (χ0) is 11.3. The SMILES string of the molecule is Cc1ccc(C)c(CC(=O)NCCCl)c1. The molecule has 0 saturated heterocycles. The van der Waals surface area contributed by atoms with Crippen molar-refractivity contribution in [2.45, 2.75) is 20.3 Å². The maximum Gasteiger partial charge on any atom is 0.224 e. The number of carbonyl (C=O) groups is 1. The van der Waals surface area contributed by atoms with Crippen molar-refractivity contribution >= 4 is 17.5 Å². The van der Waals surface area contributed by atoms with Crippen LogP contribution in [0.15, 0.2) is 18.2 Å². The molecule has 0 spiro atoms. The number of carbonyl (C=O) groups excluding carboxylic acids is 1. The van der Waals surface area contributed by atoms with E-state index in [0.29, 0.717) is 18.8 Å². The predicted octanol–water partition coefficient (Wildman–Crippen LogP) is 2.20. The van der Waals surface area contributed by atoms with Crippen molar-refractivity contribution in [3.63, 3.8) is 0 Å². The molecule has 15 heavy (non-hydrogen) atoms. The third-order valence-electron chi connectivity index (χ3n) is 2.27. The smallest absolute Gasteiger partial charge is 0.224 e. The summed E-state index contributed by atoms with van der Waals surface area (Å²) < 4.78 is 0. The van der Waals surface area contributed by atoms with Crippen molar-refractivity contribution in [3.8, 4) is 0 Å². The summed E-state index contributed by atoms with van der Waals surface area (Å²) >= 11 is 5.49. The number of aryl methyl sites for hydroxylation is 2. The minimum Gasteiger partial charge on any atom is -0.355 e. The zero-order valence-electron chi connectivity index (χ0n) is 9.14. The topological polar surface area (TPSA) is 29.1 Å². The van der Waals surface area contributed by atoms with E-state index in [-0.39, 0.29) is 5.91 Å². The highest BCUT2D eigenvalue weighted by atomic mass is 35.5. The first-order valence-corrected chi connectivity index (χ1v) is 5.55. The molecule has 82 valence electrons. The van der Waals surface area contributed by atoms with Crippen LogP contribution < -0.4 is 5.32 Å². The standard InChI is InChI=1S/C12H16ClNO/c1-9-3-4-10(2)11(7-9)8-12(15)14-6-5-13/h3-4,7H,5-6,8H2,1-2H3,(H,14,15). The van der Waals surface area contributed by atoms with Gasteiger partial charge >= 0.3 is 0 Å². The highest BCUT2D eigenvalue weighted by molar-refractivity contribution is 6.18. The van der Waals surface area contributed by atoms with Gasteiger partial charge in [-0.15, -0.1) is 11.6 Å². The van der Waals surface area contributed by atoms with Crippen LogP contribution >= 0.6 is 11.6 Å². The van der Waals surface area contributed by atoms with E-state index in [2.05, 4.69) is 17.4 Å². The van der Waals surface area contributed by atoms with Gasteiger partial charge in [-0.3, -0.25) is 4.79 Å². The van der Waals surface area contributed by atoms with Gasteiger partial charge in [0.1, 0.15) is 0 Å². The lowest BCUT2D eigenvalue weighted by molar-refractivity contribution is -0.120. The number of alkyl halides is 1. The maximum atomic E-state index is 11.5. The van der Waals surface area contributed by atoms with Gasteiger partial charge in [0.25, 0.3) is 0 Å². The first kappa shape index (κ1) is 12.1. The van der Waals surface area contributed by atoms with Gasteiger partial charge in [-0.1, -0.05) is 23.8 Å². The molecule has 1 aromatic rings. The number of halogens is 1. The molecule has 1 aromatic carbocycles. The van der Waals surface area contributed by atoms with Gasteiger partial charge < -0.3 is 5.32 Å². The van der Waals surface area contributed by atoms with Gasteiger partial charge in [-0.2, -0.15) is 0 Å². The Morgan fingerprint density at radius 1 is 1.40 bits per heavy atom. The summed E-state index contributed by atoms with van der Waals surface area (Å²) in [7, 11) is 0. The molecule has 0 aliphatic carbocycles. The maximum absolute atomic E-state index is 11.5. The van der Waals surface area contributed by atoms with Gasteiger partial charge in [0.15, 0.2) is 0 Å². The third-order valence-corrected chi connectivity index (χ3v) is 2.46. The fourth-order valence-corrected chi connectivity index (χ4v) is 1.51. The molecule has 1 rings (SSSR count). The summed E-state index contributed by atoms with van der Waals surface area (Å²) in [6.45, 7) is 4.58. The summed E-state index contributed by atoms with van der Waals surface area (Å²) in [4.78, 5) is 11.5. The lowest BCUT2D eigenvalue weighted by Crippen LogP contribution is -2.27. The van der Waals surface area contributed by atoms with E-state index in [9.17, 15) is 4.79 Å². The molecule has 0 unspecified atom stereocenters. The molecule has 1 N–H and O–H groups in total. The first-order valence-electron chi connectivity index (χ1n) is 5.02. The van der Waals surface area contributed by atoms with Crippen molar-refractivity contribution in [2.75, 3.05) is 12.4 Å². The summed E-state index contributed by atoms with van der Waals surface area (Å²) in [5.74, 6) is 0.489. The summed E-state index contributed by atoms with van der Waals surface area (Å²) in [6.07, 6.45) is 0.435. The average Bonchev–Trinajstić information content (AvgIpc) is 2.20. The molecule has 2 nitrogen and oxygen atoms in total. The molecule has 0 aromatic heterocycles. The number of amides is 1. The number of nitrogens with one attached hydrogen (secondary N) is 1. The van der Waals surface area contributed by atoms with E-state index >= 15 is 0 Å². The minimum atomic E-state index is 0.0318. The van der Waals surface area contributed by atoms with E-state index in [0.717, 1.165) is 11.1 Å². The van der Waals surface area contributed by atoms with Gasteiger partial charge in [0, 0.05) is 12.4 Å². The van der Waals surface area contributed by atoms with Crippen molar-refractivity contribution in [2.24, 2.45) is 0 Å². The zero-order valence-corrected chi connectivity index (χ0v) is 9.90. The Morgan fingerprint density at radius 3 is 2.80 bits per heavy atom. The van der Waals surface area contributed by atoms with E-state index in [1.54, 1.807) is 0 Å². The van der Waals surface area contributed by atoms with Crippen LogP contribution in [0.2, 0.25) is 0 Å². The summed E-state index contributed by atoms with van der Waals surface area (Å²) in [6, 6.07) is 6.14. The van der Waals surface area contributed by atoms with Gasteiger partial charge in [0.2, 0.25) is 5.91 Å². The van der Waals surface area contributed by atoms with Crippen molar-refractivity contribution in [1.29, 1.82) is 0 Å². The monoisotopic (exact) mass is 225 g/mol. The molecule has 0 aliphatic rings. The van der Waals surface area contributed by atoms with Crippen molar-refractivity contribution in [1.82, 2.24) is 5.32 Å². The Morgan fingerprint density at radius 2 is 2.13 bits per heavy atom. The van der Waals surface area contributed by atoms with Crippen LogP contribution in [0.5, 0.6) is 0 Å². The number of benzene rings is 1. The quantitative estimate of drug-likeness (QED) is 0.783. The van der Waals surface area contributed by atoms with Crippen LogP contribution in [-0.2, 0) is 11.2 Å². The largest absolute Gasteiger partial charge is 0.355 e. The number of rotatable bonds is 4. The fourth-order valence-electron chi connectivity index (χ4n) is 1.41. The number of hydrogen-bond acceptors (Lipinski definition) is 1. The minimum absolute atomic E-state index is 0.0318. The van der Waals surface area contributed by atoms with Crippen molar-refractivity contribution < 1.29 is 4.79 Å². The second-order valence-corrected chi connectivity index (χ2v) is 4.02. The molecule has 3 heteroatoms. The highest BCUT2D eigenvalue weighted by Gasteiger charge is 2.05. The van der Waals surface area contributed by atoms with E-state index in [4.69, 9.17) is 11.6 Å². The molecule has 0 fully saturated rings.